The first kappa shape index (κ1) is 12.2. The molecule has 1 saturated carbocycles. The standard InChI is InChI=1S/C14H24N4/c1-2-8-17(7-1)9-3-6-15-10-14-11-16-12-18(14)13-4-5-13/h11-13,15H,1-10H2. The lowest BCUT2D eigenvalue weighted by Gasteiger charge is -2.14. The molecule has 4 heteroatoms. The molecular formula is C14H24N4. The van der Waals surface area contributed by atoms with Gasteiger partial charge in [0.1, 0.15) is 0 Å². The van der Waals surface area contributed by atoms with Crippen molar-refractivity contribution >= 4 is 0 Å². The van der Waals surface area contributed by atoms with Crippen LogP contribution in [-0.4, -0.2) is 40.6 Å². The maximum Gasteiger partial charge on any atom is 0.0951 e. The van der Waals surface area contributed by atoms with E-state index in [0.29, 0.717) is 0 Å². The Morgan fingerprint density at radius 2 is 2.11 bits per heavy atom. The van der Waals surface area contributed by atoms with E-state index in [1.165, 1.54) is 57.4 Å². The van der Waals surface area contributed by atoms with E-state index in [-0.39, 0.29) is 0 Å². The topological polar surface area (TPSA) is 33.1 Å². The molecule has 1 aliphatic heterocycles. The summed E-state index contributed by atoms with van der Waals surface area (Å²) >= 11 is 0. The van der Waals surface area contributed by atoms with Gasteiger partial charge in [-0.2, -0.15) is 0 Å². The van der Waals surface area contributed by atoms with Crippen LogP contribution in [0.1, 0.15) is 43.8 Å². The predicted octanol–water partition coefficient (Wildman–Crippen LogP) is 1.79. The van der Waals surface area contributed by atoms with E-state index in [0.717, 1.165) is 19.1 Å². The van der Waals surface area contributed by atoms with E-state index in [4.69, 9.17) is 0 Å². The summed E-state index contributed by atoms with van der Waals surface area (Å²) in [6.07, 6.45) is 10.7. The maximum absolute atomic E-state index is 4.26. The fraction of sp³-hybridized carbons (Fsp3) is 0.786. The molecule has 0 radical (unpaired) electrons. The highest BCUT2D eigenvalue weighted by Gasteiger charge is 2.24. The predicted molar refractivity (Wildman–Crippen MR) is 72.5 cm³/mol. The van der Waals surface area contributed by atoms with Gasteiger partial charge < -0.3 is 14.8 Å². The second kappa shape index (κ2) is 5.85. The normalized spacial score (nSPS) is 20.7. The molecule has 4 nitrogen and oxygen atoms in total. The van der Waals surface area contributed by atoms with Gasteiger partial charge in [0.05, 0.1) is 12.0 Å². The SMILES string of the molecule is c1ncn(C2CC2)c1CNCCCN1CCCC1. The molecular weight excluding hydrogens is 224 g/mol. The van der Waals surface area contributed by atoms with E-state index in [1.54, 1.807) is 0 Å². The molecule has 100 valence electrons. The van der Waals surface area contributed by atoms with Crippen molar-refractivity contribution < 1.29 is 0 Å². The number of hydrogen-bond donors (Lipinski definition) is 1. The van der Waals surface area contributed by atoms with Gasteiger partial charge in [0.2, 0.25) is 0 Å². The molecule has 1 aromatic rings. The highest BCUT2D eigenvalue weighted by molar-refractivity contribution is 5.03. The smallest absolute Gasteiger partial charge is 0.0951 e. The average Bonchev–Trinajstić information content (AvgIpc) is 2.92. The Balaban J connectivity index is 1.32. The van der Waals surface area contributed by atoms with Gasteiger partial charge in [0, 0.05) is 18.8 Å². The van der Waals surface area contributed by atoms with Crippen LogP contribution < -0.4 is 5.32 Å². The zero-order valence-corrected chi connectivity index (χ0v) is 11.1. The van der Waals surface area contributed by atoms with Gasteiger partial charge in [-0.1, -0.05) is 0 Å². The minimum Gasteiger partial charge on any atom is -0.330 e. The molecule has 1 aromatic heterocycles. The maximum atomic E-state index is 4.26. The minimum atomic E-state index is 0.744. The molecule has 0 unspecified atom stereocenters. The molecule has 0 bridgehead atoms. The monoisotopic (exact) mass is 248 g/mol. The van der Waals surface area contributed by atoms with Crippen molar-refractivity contribution in [3.63, 3.8) is 0 Å². The number of nitrogens with one attached hydrogen (secondary N) is 1. The molecule has 3 rings (SSSR count). The lowest BCUT2D eigenvalue weighted by molar-refractivity contribution is 0.330. The molecule has 2 aliphatic rings. The number of rotatable bonds is 7. The summed E-state index contributed by atoms with van der Waals surface area (Å²) in [7, 11) is 0. The second-order valence-electron chi connectivity index (χ2n) is 5.60. The van der Waals surface area contributed by atoms with Crippen molar-refractivity contribution in [2.75, 3.05) is 26.2 Å². The molecule has 0 amide bonds. The minimum absolute atomic E-state index is 0.744. The first-order valence-corrected chi connectivity index (χ1v) is 7.37. The Morgan fingerprint density at radius 1 is 1.28 bits per heavy atom. The van der Waals surface area contributed by atoms with Crippen LogP contribution in [0, 0.1) is 0 Å². The van der Waals surface area contributed by atoms with Crippen molar-refractivity contribution in [3.05, 3.63) is 18.2 Å². The van der Waals surface area contributed by atoms with E-state index < -0.39 is 0 Å². The summed E-state index contributed by atoms with van der Waals surface area (Å²) in [4.78, 5) is 6.84. The highest BCUT2D eigenvalue weighted by Crippen LogP contribution is 2.35. The fourth-order valence-corrected chi connectivity index (χ4v) is 2.80. The van der Waals surface area contributed by atoms with E-state index >= 15 is 0 Å². The van der Waals surface area contributed by atoms with Gasteiger partial charge in [-0.05, 0) is 58.3 Å². The van der Waals surface area contributed by atoms with Gasteiger partial charge in [-0.15, -0.1) is 0 Å². The van der Waals surface area contributed by atoms with Crippen LogP contribution in [0.3, 0.4) is 0 Å². The van der Waals surface area contributed by atoms with Gasteiger partial charge in [-0.3, -0.25) is 0 Å². The number of imidazole rings is 1. The second-order valence-corrected chi connectivity index (χ2v) is 5.60. The number of aromatic nitrogens is 2. The van der Waals surface area contributed by atoms with Gasteiger partial charge in [0.15, 0.2) is 0 Å². The zero-order chi connectivity index (χ0) is 12.2. The van der Waals surface area contributed by atoms with Gasteiger partial charge >= 0.3 is 0 Å². The van der Waals surface area contributed by atoms with Crippen LogP contribution in [0.4, 0.5) is 0 Å². The highest BCUT2D eigenvalue weighted by atomic mass is 15.1. The quantitative estimate of drug-likeness (QED) is 0.747. The Labute approximate surface area is 109 Å². The van der Waals surface area contributed by atoms with Crippen LogP contribution in [0.2, 0.25) is 0 Å². The summed E-state index contributed by atoms with van der Waals surface area (Å²) in [5.74, 6) is 0. The van der Waals surface area contributed by atoms with Crippen LogP contribution >= 0.6 is 0 Å². The van der Waals surface area contributed by atoms with Crippen molar-refractivity contribution in [2.45, 2.75) is 44.7 Å². The molecule has 2 heterocycles. The van der Waals surface area contributed by atoms with Crippen molar-refractivity contribution in [1.82, 2.24) is 19.8 Å². The Hall–Kier alpha value is -0.870. The third-order valence-corrected chi connectivity index (χ3v) is 4.02. The van der Waals surface area contributed by atoms with Crippen LogP contribution in [0.15, 0.2) is 12.5 Å². The van der Waals surface area contributed by atoms with E-state index in [1.807, 2.05) is 12.5 Å². The van der Waals surface area contributed by atoms with Crippen LogP contribution in [0.5, 0.6) is 0 Å². The third-order valence-electron chi connectivity index (χ3n) is 4.02. The lowest BCUT2D eigenvalue weighted by Crippen LogP contribution is -2.25. The zero-order valence-electron chi connectivity index (χ0n) is 11.1. The first-order chi connectivity index (χ1) is 8.93. The number of likely N-dealkylation sites (tertiary alicyclic amines) is 1. The van der Waals surface area contributed by atoms with E-state index in [2.05, 4.69) is 19.8 Å². The lowest BCUT2D eigenvalue weighted by atomic mass is 10.3. The van der Waals surface area contributed by atoms with Crippen molar-refractivity contribution in [3.8, 4) is 0 Å². The fourth-order valence-electron chi connectivity index (χ4n) is 2.80. The summed E-state index contributed by atoms with van der Waals surface area (Å²) in [6, 6.07) is 0.744. The van der Waals surface area contributed by atoms with Crippen LogP contribution in [-0.2, 0) is 6.54 Å². The Morgan fingerprint density at radius 3 is 2.89 bits per heavy atom. The average molecular weight is 248 g/mol. The number of hydrogen-bond acceptors (Lipinski definition) is 3. The summed E-state index contributed by atoms with van der Waals surface area (Å²) in [5, 5.41) is 3.55. The number of nitrogens with zero attached hydrogens (tertiary/aromatic N) is 3. The molecule has 1 N–H and O–H groups in total. The molecule has 0 aromatic carbocycles. The summed E-state index contributed by atoms with van der Waals surface area (Å²) in [6.45, 7) is 5.97. The first-order valence-electron chi connectivity index (χ1n) is 7.37. The Kier molecular flexibility index (Phi) is 3.96. The Bertz CT molecular complexity index is 364. The van der Waals surface area contributed by atoms with Gasteiger partial charge in [0.25, 0.3) is 0 Å². The van der Waals surface area contributed by atoms with Gasteiger partial charge in [-0.25, -0.2) is 4.98 Å². The molecule has 0 atom stereocenters. The molecule has 18 heavy (non-hydrogen) atoms. The summed E-state index contributed by atoms with van der Waals surface area (Å²) < 4.78 is 2.34. The van der Waals surface area contributed by atoms with Crippen molar-refractivity contribution in [2.24, 2.45) is 0 Å². The third kappa shape index (κ3) is 3.12. The summed E-state index contributed by atoms with van der Waals surface area (Å²) in [5.41, 5.74) is 1.35. The van der Waals surface area contributed by atoms with Crippen LogP contribution in [0.25, 0.3) is 0 Å². The molecule has 0 spiro atoms. The molecule has 1 aliphatic carbocycles. The van der Waals surface area contributed by atoms with Crippen molar-refractivity contribution in [1.29, 1.82) is 0 Å². The molecule has 2 fully saturated rings. The largest absolute Gasteiger partial charge is 0.330 e. The van der Waals surface area contributed by atoms with E-state index in [9.17, 15) is 0 Å². The molecule has 1 saturated heterocycles.